The lowest BCUT2D eigenvalue weighted by atomic mass is 9.70. The molecule has 1 unspecified atom stereocenters. The molecule has 0 fully saturated rings. The summed E-state index contributed by atoms with van der Waals surface area (Å²) < 4.78 is 23.5. The molecule has 1 rings (SSSR count). The van der Waals surface area contributed by atoms with Gasteiger partial charge in [-0.25, -0.2) is 0 Å². The second-order valence-corrected chi connectivity index (χ2v) is 9.22. The number of hydrogen-bond donors (Lipinski definition) is 0. The van der Waals surface area contributed by atoms with Crippen molar-refractivity contribution in [1.29, 1.82) is 0 Å². The number of carbonyl (C=O) groups excluding carboxylic acids is 1. The van der Waals surface area contributed by atoms with Crippen LogP contribution in [0.5, 0.6) is 0 Å². The Bertz CT molecular complexity index is 469. The molecule has 22 heavy (non-hydrogen) atoms. The second-order valence-electron chi connectivity index (χ2n) is 6.74. The van der Waals surface area contributed by atoms with Crippen molar-refractivity contribution in [2.24, 2.45) is 5.41 Å². The van der Waals surface area contributed by atoms with E-state index in [1.165, 1.54) is 5.57 Å². The highest BCUT2D eigenvalue weighted by Gasteiger charge is 2.38. The largest absolute Gasteiger partial charge is 0.333 e. The van der Waals surface area contributed by atoms with Gasteiger partial charge in [0.2, 0.25) is 0 Å². The molecule has 128 valence electrons. The Balaban J connectivity index is 2.93. The summed E-state index contributed by atoms with van der Waals surface area (Å²) >= 11 is 0. The lowest BCUT2D eigenvalue weighted by Crippen LogP contribution is -2.28. The molecule has 1 aliphatic carbocycles. The molecule has 0 radical (unpaired) electrons. The van der Waals surface area contributed by atoms with Crippen molar-refractivity contribution in [3.8, 4) is 0 Å². The Labute approximate surface area is 135 Å². The molecule has 4 nitrogen and oxygen atoms in total. The summed E-state index contributed by atoms with van der Waals surface area (Å²) in [5.41, 5.74) is 1.58. The molecule has 0 amide bonds. The zero-order valence-electron chi connectivity index (χ0n) is 14.9. The maximum Gasteiger partial charge on any atom is 0.333 e. The van der Waals surface area contributed by atoms with Crippen LogP contribution in [0.15, 0.2) is 11.1 Å². The van der Waals surface area contributed by atoms with Crippen molar-refractivity contribution in [2.75, 3.05) is 13.2 Å². The lowest BCUT2D eigenvalue weighted by Gasteiger charge is -2.34. The van der Waals surface area contributed by atoms with Crippen molar-refractivity contribution in [1.82, 2.24) is 0 Å². The standard InChI is InChI=1S/C17H31O4P/c1-7-20-22(19,21-8-2)14(4)12-15(18)16-13(3)10-9-11-17(16,5)6/h14H,7-12H2,1-6H3. The van der Waals surface area contributed by atoms with Crippen LogP contribution in [0.3, 0.4) is 0 Å². The van der Waals surface area contributed by atoms with E-state index in [4.69, 9.17) is 9.05 Å². The van der Waals surface area contributed by atoms with Crippen LogP contribution >= 0.6 is 7.60 Å². The van der Waals surface area contributed by atoms with E-state index in [9.17, 15) is 9.36 Å². The Kier molecular flexibility index (Phi) is 7.04. The van der Waals surface area contributed by atoms with Crippen LogP contribution in [0, 0.1) is 5.41 Å². The predicted octanol–water partition coefficient (Wildman–Crippen LogP) is 5.13. The molecule has 1 aliphatic rings. The van der Waals surface area contributed by atoms with Gasteiger partial charge in [-0.3, -0.25) is 9.36 Å². The first-order valence-corrected chi connectivity index (χ1v) is 9.91. The number of carbonyl (C=O) groups is 1. The van der Waals surface area contributed by atoms with Crippen LogP contribution in [0.1, 0.15) is 67.2 Å². The average Bonchev–Trinajstić information content (AvgIpc) is 2.37. The minimum Gasteiger partial charge on any atom is -0.309 e. The molecule has 0 N–H and O–H groups in total. The van der Waals surface area contributed by atoms with Crippen LogP contribution in [-0.2, 0) is 18.4 Å². The fourth-order valence-electron chi connectivity index (χ4n) is 3.37. The zero-order valence-corrected chi connectivity index (χ0v) is 15.8. The first kappa shape index (κ1) is 19.6. The van der Waals surface area contributed by atoms with Crippen LogP contribution in [-0.4, -0.2) is 24.7 Å². The molecule has 0 aliphatic heterocycles. The quantitative estimate of drug-likeness (QED) is 0.579. The summed E-state index contributed by atoms with van der Waals surface area (Å²) in [6.45, 7) is 12.3. The van der Waals surface area contributed by atoms with Gasteiger partial charge in [-0.15, -0.1) is 0 Å². The van der Waals surface area contributed by atoms with E-state index in [0.717, 1.165) is 24.8 Å². The van der Waals surface area contributed by atoms with Crippen molar-refractivity contribution in [2.45, 2.75) is 72.9 Å². The Morgan fingerprint density at radius 2 is 1.82 bits per heavy atom. The SMILES string of the molecule is CCOP(=O)(OCC)C(C)CC(=O)C1=C(C)CCCC1(C)C. The van der Waals surface area contributed by atoms with E-state index in [-0.39, 0.29) is 17.6 Å². The third-order valence-corrected chi connectivity index (χ3v) is 6.87. The molecule has 5 heteroatoms. The minimum atomic E-state index is -3.22. The van der Waals surface area contributed by atoms with Crippen molar-refractivity contribution in [3.05, 3.63) is 11.1 Å². The monoisotopic (exact) mass is 330 g/mol. The first-order chi connectivity index (χ1) is 10.2. The van der Waals surface area contributed by atoms with E-state index in [2.05, 4.69) is 13.8 Å². The molecule has 0 saturated carbocycles. The molecular weight excluding hydrogens is 299 g/mol. The normalized spacial score (nSPS) is 20.1. The highest BCUT2D eigenvalue weighted by Crippen LogP contribution is 2.54. The maximum absolute atomic E-state index is 12.8. The second kappa shape index (κ2) is 7.90. The van der Waals surface area contributed by atoms with Crippen molar-refractivity contribution >= 4 is 13.4 Å². The summed E-state index contributed by atoms with van der Waals surface area (Å²) in [6, 6.07) is 0. The number of hydrogen-bond acceptors (Lipinski definition) is 4. The molecule has 0 heterocycles. The van der Waals surface area contributed by atoms with Gasteiger partial charge in [-0.2, -0.15) is 0 Å². The predicted molar refractivity (Wildman–Crippen MR) is 90.3 cm³/mol. The van der Waals surface area contributed by atoms with Gasteiger partial charge in [0.25, 0.3) is 0 Å². The molecule has 1 atom stereocenters. The van der Waals surface area contributed by atoms with Gasteiger partial charge in [0.05, 0.1) is 18.9 Å². The number of rotatable bonds is 8. The molecule has 0 aromatic heterocycles. The van der Waals surface area contributed by atoms with Gasteiger partial charge in [-0.1, -0.05) is 26.3 Å². The van der Waals surface area contributed by atoms with Gasteiger partial charge in [0.1, 0.15) is 0 Å². The first-order valence-electron chi connectivity index (χ1n) is 8.30. The topological polar surface area (TPSA) is 52.6 Å². The van der Waals surface area contributed by atoms with Crippen LogP contribution < -0.4 is 0 Å². The molecule has 0 bridgehead atoms. The Morgan fingerprint density at radius 3 is 2.27 bits per heavy atom. The lowest BCUT2D eigenvalue weighted by molar-refractivity contribution is -0.116. The van der Waals surface area contributed by atoms with Gasteiger partial charge in [0, 0.05) is 6.42 Å². The van der Waals surface area contributed by atoms with E-state index in [1.54, 1.807) is 20.8 Å². The highest BCUT2D eigenvalue weighted by atomic mass is 31.2. The summed E-state index contributed by atoms with van der Waals surface area (Å²) in [6.07, 6.45) is 3.34. The Morgan fingerprint density at radius 1 is 1.27 bits per heavy atom. The zero-order chi connectivity index (χ0) is 17.0. The van der Waals surface area contributed by atoms with Crippen molar-refractivity contribution < 1.29 is 18.4 Å². The minimum absolute atomic E-state index is 0.0920. The summed E-state index contributed by atoms with van der Waals surface area (Å²) in [5, 5.41) is 0. The fraction of sp³-hybridized carbons (Fsp3) is 0.824. The number of ketones is 1. The molecule has 0 aromatic carbocycles. The summed E-state index contributed by atoms with van der Waals surface area (Å²) in [5.74, 6) is 0.0920. The summed E-state index contributed by atoms with van der Waals surface area (Å²) in [4.78, 5) is 12.8. The van der Waals surface area contributed by atoms with Gasteiger partial charge < -0.3 is 9.05 Å². The fourth-order valence-corrected chi connectivity index (χ4v) is 5.07. The van der Waals surface area contributed by atoms with Crippen LogP contribution in [0.4, 0.5) is 0 Å². The Hall–Kier alpha value is -0.440. The molecule has 0 aromatic rings. The number of allylic oxidation sites excluding steroid dienone is 2. The maximum atomic E-state index is 12.8. The van der Waals surface area contributed by atoms with E-state index in [0.29, 0.717) is 13.2 Å². The highest BCUT2D eigenvalue weighted by molar-refractivity contribution is 7.54. The van der Waals surface area contributed by atoms with E-state index in [1.807, 2.05) is 6.92 Å². The third-order valence-electron chi connectivity index (χ3n) is 4.37. The molecule has 0 saturated heterocycles. The van der Waals surface area contributed by atoms with Crippen LogP contribution in [0.25, 0.3) is 0 Å². The van der Waals surface area contributed by atoms with Gasteiger partial charge in [-0.05, 0) is 51.0 Å². The van der Waals surface area contributed by atoms with Crippen LogP contribution in [0.2, 0.25) is 0 Å². The van der Waals surface area contributed by atoms with Gasteiger partial charge in [0.15, 0.2) is 5.78 Å². The van der Waals surface area contributed by atoms with Crippen molar-refractivity contribution in [3.63, 3.8) is 0 Å². The van der Waals surface area contributed by atoms with E-state index >= 15 is 0 Å². The summed E-state index contributed by atoms with van der Waals surface area (Å²) in [7, 11) is -3.22. The smallest absolute Gasteiger partial charge is 0.309 e. The van der Waals surface area contributed by atoms with Gasteiger partial charge >= 0.3 is 7.60 Å². The molecule has 0 spiro atoms. The third kappa shape index (κ3) is 4.53. The average molecular weight is 330 g/mol. The number of Topliss-reactive ketones (excluding diaryl/α,β-unsaturated/α-hetero) is 1. The molecular formula is C17H31O4P. The van der Waals surface area contributed by atoms with E-state index < -0.39 is 13.3 Å².